The minimum absolute atomic E-state index is 0.312. The summed E-state index contributed by atoms with van der Waals surface area (Å²) in [5.74, 6) is -0.326. The number of pyridine rings is 1. The van der Waals surface area contributed by atoms with Gasteiger partial charge < -0.3 is 5.32 Å². The molecule has 106 valence electrons. The molecule has 0 saturated heterocycles. The van der Waals surface area contributed by atoms with Gasteiger partial charge in [0, 0.05) is 16.8 Å². The van der Waals surface area contributed by atoms with Gasteiger partial charge in [-0.2, -0.15) is 0 Å². The fourth-order valence-corrected chi connectivity index (χ4v) is 2.72. The highest BCUT2D eigenvalue weighted by molar-refractivity contribution is 8.03. The Kier molecular flexibility index (Phi) is 4.96. The molecule has 0 bridgehead atoms. The highest BCUT2D eigenvalue weighted by Crippen LogP contribution is 2.36. The first-order chi connectivity index (χ1) is 9.85. The molecule has 1 aromatic heterocycles. The van der Waals surface area contributed by atoms with Crippen LogP contribution >= 0.6 is 23.4 Å². The van der Waals surface area contributed by atoms with E-state index in [0.717, 1.165) is 11.8 Å². The van der Waals surface area contributed by atoms with Crippen LogP contribution in [0.2, 0.25) is 5.02 Å². The number of benzene rings is 1. The fourth-order valence-electron chi connectivity index (χ4n) is 1.61. The van der Waals surface area contributed by atoms with Crippen LogP contribution in [-0.4, -0.2) is 31.4 Å². The van der Waals surface area contributed by atoms with Gasteiger partial charge in [-0.15, -0.1) is 11.8 Å². The summed E-state index contributed by atoms with van der Waals surface area (Å²) in [5.41, 5.74) is 0.856. The summed E-state index contributed by atoms with van der Waals surface area (Å²) in [4.78, 5) is 15.1. The van der Waals surface area contributed by atoms with E-state index in [2.05, 4.69) is 10.3 Å². The third kappa shape index (κ3) is 4.79. The molecule has 0 aliphatic carbocycles. The number of hydrogen-bond acceptors (Lipinski definition) is 3. The maximum Gasteiger partial charge on any atom is 0.274 e. The van der Waals surface area contributed by atoms with Crippen molar-refractivity contribution in [3.8, 4) is 0 Å². The molecule has 0 radical (unpaired) electrons. The van der Waals surface area contributed by atoms with Crippen molar-refractivity contribution in [3.05, 3.63) is 53.3 Å². The van der Waals surface area contributed by atoms with Crippen molar-refractivity contribution < 1.29 is 9.18 Å². The van der Waals surface area contributed by atoms with Gasteiger partial charge in [-0.25, -0.2) is 0 Å². The maximum atomic E-state index is 13.7. The van der Waals surface area contributed by atoms with Crippen LogP contribution in [0.3, 0.4) is 0 Å². The Morgan fingerprint density at radius 2 is 2.10 bits per heavy atom. The molecule has 0 fully saturated rings. The molecule has 1 heterocycles. The van der Waals surface area contributed by atoms with Gasteiger partial charge in [0.2, 0.25) is 0 Å². The van der Waals surface area contributed by atoms with Gasteiger partial charge >= 0.3 is 0 Å². The topological polar surface area (TPSA) is 42.0 Å². The van der Waals surface area contributed by atoms with Crippen molar-refractivity contribution in [2.24, 2.45) is 0 Å². The molecule has 1 amide bonds. The molecule has 1 aromatic carbocycles. The van der Waals surface area contributed by atoms with E-state index in [1.807, 2.05) is 0 Å². The number of rotatable bonds is 4. The third-order valence-electron chi connectivity index (χ3n) is 2.44. The molecule has 0 aliphatic rings. The van der Waals surface area contributed by atoms with Crippen LogP contribution in [0.4, 0.5) is 10.1 Å². The Labute approximate surface area is 133 Å². The summed E-state index contributed by atoms with van der Waals surface area (Å²) in [6.45, 7) is 0. The monoisotopic (exact) mass is 320 g/mol. The van der Waals surface area contributed by atoms with Gasteiger partial charge in [-0.05, 0) is 30.3 Å². The average molecular weight is 320 g/mol. The Bertz CT molecular complexity index is 652. The highest BCUT2D eigenvalue weighted by atomic mass is 35.5. The first-order valence-corrected chi connectivity index (χ1v) is 7.44. The minimum atomic E-state index is -1.45. The second-order valence-electron chi connectivity index (χ2n) is 4.78. The second kappa shape index (κ2) is 6.54. The van der Waals surface area contributed by atoms with Crippen LogP contribution in [0, 0.1) is 0 Å². The number of hydrogen-bond donors (Lipinski definition) is 1. The lowest BCUT2D eigenvalue weighted by atomic mass is 9.83. The number of anilines is 1. The molecule has 0 aliphatic heterocycles. The largest absolute Gasteiger partial charge is 0.321 e. The van der Waals surface area contributed by atoms with Crippen molar-refractivity contribution in [2.75, 3.05) is 5.32 Å². The van der Waals surface area contributed by atoms with E-state index in [4.69, 9.17) is 11.6 Å². The van der Waals surface area contributed by atoms with Crippen molar-refractivity contribution in [1.29, 1.82) is 0 Å². The summed E-state index contributed by atoms with van der Waals surface area (Å²) in [6, 6.07) is 10.0. The van der Waals surface area contributed by atoms with Crippen LogP contribution in [0.15, 0.2) is 47.5 Å². The maximum absolute atomic E-state index is 13.7. The summed E-state index contributed by atoms with van der Waals surface area (Å²) < 4.78 is 13.7. The van der Waals surface area contributed by atoms with Crippen molar-refractivity contribution in [3.63, 3.8) is 0 Å². The van der Waals surface area contributed by atoms with Crippen LogP contribution in [0.25, 0.3) is 0 Å². The summed E-state index contributed by atoms with van der Waals surface area (Å²) >= 11 is 7.04. The number of halogens is 2. The van der Waals surface area contributed by atoms with Crippen LogP contribution < -0.4 is 5.32 Å². The van der Waals surface area contributed by atoms with Gasteiger partial charge in [0.05, 0.1) is 9.82 Å². The summed E-state index contributed by atoms with van der Waals surface area (Å²) in [7, 11) is 2.90. The molecule has 2 aromatic rings. The lowest BCUT2D eigenvalue weighted by molar-refractivity contribution is 0.102. The van der Waals surface area contributed by atoms with Crippen LogP contribution in [-0.2, 0) is 0 Å². The number of alkyl halides is 1. The zero-order valence-corrected chi connectivity index (χ0v) is 13.1. The predicted molar refractivity (Wildman–Crippen MR) is 90.4 cm³/mol. The van der Waals surface area contributed by atoms with E-state index in [1.54, 1.807) is 42.6 Å². The van der Waals surface area contributed by atoms with Gasteiger partial charge in [-0.1, -0.05) is 17.7 Å². The van der Waals surface area contributed by atoms with Crippen molar-refractivity contribution >= 4 is 50.6 Å². The van der Waals surface area contributed by atoms with E-state index in [0.29, 0.717) is 21.3 Å². The second-order valence-corrected chi connectivity index (χ2v) is 6.80. The predicted octanol–water partition coefficient (Wildman–Crippen LogP) is 1.93. The smallest absolute Gasteiger partial charge is 0.274 e. The number of aromatic nitrogens is 1. The Morgan fingerprint density at radius 1 is 1.33 bits per heavy atom. The standard InChI is InChI=1S/C13H12B2ClFN2OS/c14-13(15,17)21-11-7-8(4-5-9(11)16)19-12(20)10-3-1-2-6-18-10/h1-7H,14-15H2,(H,19,20). The Morgan fingerprint density at radius 3 is 2.71 bits per heavy atom. The fraction of sp³-hybridized carbons (Fsp3) is 0.0769. The van der Waals surface area contributed by atoms with Gasteiger partial charge in [-0.3, -0.25) is 14.2 Å². The zero-order valence-electron chi connectivity index (χ0n) is 11.6. The van der Waals surface area contributed by atoms with E-state index in [1.165, 1.54) is 15.7 Å². The van der Waals surface area contributed by atoms with E-state index >= 15 is 0 Å². The molecule has 0 spiro atoms. The molecule has 21 heavy (non-hydrogen) atoms. The molecule has 1 N–H and O–H groups in total. The summed E-state index contributed by atoms with van der Waals surface area (Å²) in [6.07, 6.45) is 1.55. The summed E-state index contributed by atoms with van der Waals surface area (Å²) in [5, 5.41) is 3.16. The molecule has 0 atom stereocenters. The number of amides is 1. The van der Waals surface area contributed by atoms with Gasteiger partial charge in [0.15, 0.2) is 15.7 Å². The normalized spacial score (nSPS) is 11.1. The van der Waals surface area contributed by atoms with E-state index in [9.17, 15) is 9.18 Å². The van der Waals surface area contributed by atoms with Gasteiger partial charge in [0.25, 0.3) is 5.91 Å². The highest BCUT2D eigenvalue weighted by Gasteiger charge is 2.19. The molecule has 0 saturated carbocycles. The zero-order chi connectivity index (χ0) is 15.5. The van der Waals surface area contributed by atoms with Crippen LogP contribution in [0.1, 0.15) is 10.5 Å². The quantitative estimate of drug-likeness (QED) is 0.691. The number of carbonyl (C=O) groups is 1. The number of nitrogens with one attached hydrogen (secondary N) is 1. The number of nitrogens with zero attached hydrogens (tertiary/aromatic N) is 1. The SMILES string of the molecule is BC(B)(F)Sc1cc(NC(=O)c2ccccn2)ccc1Cl. The lowest BCUT2D eigenvalue weighted by Crippen LogP contribution is -2.17. The lowest BCUT2D eigenvalue weighted by Gasteiger charge is -2.15. The molecule has 8 heteroatoms. The molecule has 2 rings (SSSR count). The Balaban J connectivity index is 2.18. The number of thioether (sulfide) groups is 1. The van der Waals surface area contributed by atoms with Crippen molar-refractivity contribution in [2.45, 2.75) is 9.69 Å². The van der Waals surface area contributed by atoms with E-state index in [-0.39, 0.29) is 5.91 Å². The van der Waals surface area contributed by atoms with E-state index < -0.39 is 4.80 Å². The Hall–Kier alpha value is -1.46. The first-order valence-electron chi connectivity index (χ1n) is 6.25. The van der Waals surface area contributed by atoms with Gasteiger partial charge in [0.1, 0.15) is 5.69 Å². The molecule has 3 nitrogen and oxygen atoms in total. The molecular weight excluding hydrogens is 308 g/mol. The molecule has 0 unspecified atom stereocenters. The van der Waals surface area contributed by atoms with Crippen molar-refractivity contribution in [1.82, 2.24) is 4.98 Å². The minimum Gasteiger partial charge on any atom is -0.321 e. The van der Waals surface area contributed by atoms with Crippen LogP contribution in [0.5, 0.6) is 0 Å². The number of carbonyl (C=O) groups excluding carboxylic acids is 1. The average Bonchev–Trinajstić information content (AvgIpc) is 2.42. The molecular formula is C13H12B2ClFN2OS. The third-order valence-corrected chi connectivity index (χ3v) is 3.92. The first kappa shape index (κ1) is 15.9.